The van der Waals surface area contributed by atoms with E-state index in [2.05, 4.69) is 10.1 Å². The van der Waals surface area contributed by atoms with Crippen LogP contribution < -0.4 is 10.1 Å². The van der Waals surface area contributed by atoms with E-state index in [9.17, 15) is 18.7 Å². The van der Waals surface area contributed by atoms with E-state index in [-0.39, 0.29) is 18.0 Å². The summed E-state index contributed by atoms with van der Waals surface area (Å²) in [5.74, 6) is -0.996. The first-order valence-corrected chi connectivity index (χ1v) is 9.64. The molecule has 0 spiro atoms. The molecule has 1 aromatic heterocycles. The molecule has 0 amide bonds. The van der Waals surface area contributed by atoms with Gasteiger partial charge in [-0.2, -0.15) is 8.78 Å². The van der Waals surface area contributed by atoms with Crippen LogP contribution in [0, 0.1) is 0 Å². The van der Waals surface area contributed by atoms with Crippen LogP contribution in [-0.4, -0.2) is 28.3 Å². The first-order chi connectivity index (χ1) is 14.0. The molecule has 1 aliphatic carbocycles. The van der Waals surface area contributed by atoms with E-state index < -0.39 is 12.6 Å². The van der Waals surface area contributed by atoms with Crippen molar-refractivity contribution < 1.29 is 23.4 Å². The first-order valence-electron chi connectivity index (χ1n) is 9.64. The van der Waals surface area contributed by atoms with Crippen molar-refractivity contribution in [2.75, 3.05) is 0 Å². The second-order valence-corrected chi connectivity index (χ2v) is 7.23. The van der Waals surface area contributed by atoms with Crippen LogP contribution in [0.4, 0.5) is 8.78 Å². The molecule has 3 aromatic rings. The zero-order valence-electron chi connectivity index (χ0n) is 15.8. The summed E-state index contributed by atoms with van der Waals surface area (Å²) in [6.45, 7) is -2.37. The largest absolute Gasteiger partial charge is 0.477 e. The van der Waals surface area contributed by atoms with Crippen LogP contribution in [0.2, 0.25) is 0 Å². The van der Waals surface area contributed by atoms with E-state index in [4.69, 9.17) is 0 Å². The molecular formula is C22H22F2N2O3. The van der Waals surface area contributed by atoms with Crippen LogP contribution >= 0.6 is 0 Å². The minimum Gasteiger partial charge on any atom is -0.477 e. The lowest BCUT2D eigenvalue weighted by Gasteiger charge is -2.26. The van der Waals surface area contributed by atoms with Crippen molar-refractivity contribution in [3.05, 3.63) is 65.4 Å². The number of halogens is 2. The van der Waals surface area contributed by atoms with Gasteiger partial charge < -0.3 is 19.7 Å². The predicted molar refractivity (Wildman–Crippen MR) is 106 cm³/mol. The molecule has 2 aromatic carbocycles. The van der Waals surface area contributed by atoms with E-state index >= 15 is 0 Å². The number of carbonyl (C=O) groups is 1. The fourth-order valence-corrected chi connectivity index (χ4v) is 3.84. The molecule has 1 heterocycles. The van der Waals surface area contributed by atoms with Crippen LogP contribution in [0.3, 0.4) is 0 Å². The van der Waals surface area contributed by atoms with Gasteiger partial charge in [-0.1, -0.05) is 42.8 Å². The lowest BCUT2D eigenvalue weighted by molar-refractivity contribution is -0.0505. The van der Waals surface area contributed by atoms with Crippen molar-refractivity contribution in [1.82, 2.24) is 9.88 Å². The van der Waals surface area contributed by atoms with Crippen molar-refractivity contribution in [2.45, 2.75) is 45.0 Å². The number of alkyl halides is 2. The third-order valence-electron chi connectivity index (χ3n) is 5.47. The minimum absolute atomic E-state index is 0.0470. The number of aromatic nitrogens is 1. The molecule has 1 aliphatic rings. The second kappa shape index (κ2) is 8.21. The molecule has 7 heteroatoms. The quantitative estimate of drug-likeness (QED) is 0.579. The van der Waals surface area contributed by atoms with Gasteiger partial charge in [0.1, 0.15) is 11.4 Å². The molecule has 0 atom stereocenters. The number of fused-ring (bicyclic) bond motifs is 1. The molecule has 0 aliphatic heterocycles. The van der Waals surface area contributed by atoms with Crippen molar-refractivity contribution >= 4 is 16.9 Å². The monoisotopic (exact) mass is 400 g/mol. The summed E-state index contributed by atoms with van der Waals surface area (Å²) in [6, 6.07) is 14.4. The average molecular weight is 400 g/mol. The molecule has 5 nitrogen and oxygen atoms in total. The SMILES string of the molecule is O=C(O)c1c(CNC2CCC2)c2ccccc2n1Cc1ccccc1OC(F)F. The maximum Gasteiger partial charge on any atom is 0.387 e. The third-order valence-corrected chi connectivity index (χ3v) is 5.47. The molecule has 2 N–H and O–H groups in total. The van der Waals surface area contributed by atoms with E-state index in [1.54, 1.807) is 22.8 Å². The summed E-state index contributed by atoms with van der Waals surface area (Å²) in [5, 5.41) is 14.3. The molecule has 0 unspecified atom stereocenters. The van der Waals surface area contributed by atoms with Crippen molar-refractivity contribution in [3.8, 4) is 5.75 Å². The van der Waals surface area contributed by atoms with Crippen LogP contribution in [0.1, 0.15) is 40.9 Å². The van der Waals surface area contributed by atoms with E-state index in [0.29, 0.717) is 23.7 Å². The highest BCUT2D eigenvalue weighted by Crippen LogP contribution is 2.30. The van der Waals surface area contributed by atoms with Crippen LogP contribution in [0.5, 0.6) is 5.75 Å². The number of carboxylic acids is 1. The molecule has 0 radical (unpaired) electrons. The molecule has 1 fully saturated rings. The van der Waals surface area contributed by atoms with Crippen molar-refractivity contribution in [1.29, 1.82) is 0 Å². The van der Waals surface area contributed by atoms with Crippen molar-refractivity contribution in [2.24, 2.45) is 0 Å². The molecule has 0 saturated heterocycles. The van der Waals surface area contributed by atoms with Crippen LogP contribution in [0.25, 0.3) is 10.9 Å². The number of para-hydroxylation sites is 2. The Labute approximate surface area is 166 Å². The summed E-state index contributed by atoms with van der Waals surface area (Å²) in [6.07, 6.45) is 3.38. The topological polar surface area (TPSA) is 63.5 Å². The standard InChI is InChI=1S/C22H22F2N2O3/c23-22(24)29-19-11-4-1-6-14(19)13-26-18-10-3-2-9-16(18)17(20(26)21(27)28)12-25-15-7-5-8-15/h1-4,6,9-11,15,22,25H,5,7-8,12-13H2,(H,27,28). The van der Waals surface area contributed by atoms with Gasteiger partial charge in [0.15, 0.2) is 0 Å². The molecule has 0 bridgehead atoms. The van der Waals surface area contributed by atoms with Gasteiger partial charge >= 0.3 is 12.6 Å². The van der Waals surface area contributed by atoms with E-state index in [0.717, 1.165) is 23.7 Å². The van der Waals surface area contributed by atoms with Gasteiger partial charge in [-0.15, -0.1) is 0 Å². The third kappa shape index (κ3) is 3.96. The Bertz CT molecular complexity index is 1030. The maximum absolute atomic E-state index is 12.8. The van der Waals surface area contributed by atoms with Gasteiger partial charge in [0.05, 0.1) is 6.54 Å². The number of rotatable bonds is 8. The van der Waals surface area contributed by atoms with Crippen molar-refractivity contribution in [3.63, 3.8) is 0 Å². The molecule has 1 saturated carbocycles. The smallest absolute Gasteiger partial charge is 0.387 e. The highest BCUT2D eigenvalue weighted by Gasteiger charge is 2.25. The number of aromatic carboxylic acids is 1. The fourth-order valence-electron chi connectivity index (χ4n) is 3.84. The Hall–Kier alpha value is -2.93. The molecule has 29 heavy (non-hydrogen) atoms. The first kappa shape index (κ1) is 19.4. The van der Waals surface area contributed by atoms with Gasteiger partial charge in [0.25, 0.3) is 0 Å². The fraction of sp³-hybridized carbons (Fsp3) is 0.318. The van der Waals surface area contributed by atoms with E-state index in [1.807, 2.05) is 24.3 Å². The van der Waals surface area contributed by atoms with Gasteiger partial charge in [-0.3, -0.25) is 0 Å². The molecular weight excluding hydrogens is 378 g/mol. The summed E-state index contributed by atoms with van der Waals surface area (Å²) in [5.41, 5.74) is 2.13. The normalized spacial score (nSPS) is 14.3. The zero-order chi connectivity index (χ0) is 20.4. The Morgan fingerprint density at radius 3 is 2.59 bits per heavy atom. The van der Waals surface area contributed by atoms with Gasteiger partial charge in [0, 0.05) is 34.6 Å². The Kier molecular flexibility index (Phi) is 5.49. The number of hydrogen-bond acceptors (Lipinski definition) is 3. The van der Waals surface area contributed by atoms with Crippen LogP contribution in [0.15, 0.2) is 48.5 Å². The van der Waals surface area contributed by atoms with E-state index in [1.165, 1.54) is 12.5 Å². The lowest BCUT2D eigenvalue weighted by Crippen LogP contribution is -2.34. The van der Waals surface area contributed by atoms with Gasteiger partial charge in [-0.05, 0) is 25.0 Å². The summed E-state index contributed by atoms with van der Waals surface area (Å²) in [7, 11) is 0. The van der Waals surface area contributed by atoms with Crippen LogP contribution in [-0.2, 0) is 13.1 Å². The molecule has 4 rings (SSSR count). The minimum atomic E-state index is -2.95. The number of ether oxygens (including phenoxy) is 1. The predicted octanol–water partition coefficient (Wildman–Crippen LogP) is 4.63. The number of nitrogens with one attached hydrogen (secondary N) is 1. The summed E-state index contributed by atoms with van der Waals surface area (Å²) >= 11 is 0. The number of hydrogen-bond donors (Lipinski definition) is 2. The maximum atomic E-state index is 12.8. The molecule has 152 valence electrons. The lowest BCUT2D eigenvalue weighted by atomic mass is 9.93. The number of carboxylic acid groups (broad SMARTS) is 1. The van der Waals surface area contributed by atoms with Gasteiger partial charge in [0.2, 0.25) is 0 Å². The second-order valence-electron chi connectivity index (χ2n) is 7.23. The average Bonchev–Trinajstić information content (AvgIpc) is 2.96. The summed E-state index contributed by atoms with van der Waals surface area (Å²) < 4.78 is 31.9. The highest BCUT2D eigenvalue weighted by atomic mass is 19.3. The number of benzene rings is 2. The number of nitrogens with zero attached hydrogens (tertiary/aromatic N) is 1. The zero-order valence-corrected chi connectivity index (χ0v) is 15.8. The summed E-state index contributed by atoms with van der Waals surface area (Å²) in [4.78, 5) is 12.2. The van der Waals surface area contributed by atoms with Gasteiger partial charge in [-0.25, -0.2) is 4.79 Å². The Morgan fingerprint density at radius 1 is 1.17 bits per heavy atom. The highest BCUT2D eigenvalue weighted by molar-refractivity contribution is 5.98. The Morgan fingerprint density at radius 2 is 1.90 bits per heavy atom. The Balaban J connectivity index is 1.78.